The van der Waals surface area contributed by atoms with E-state index in [1.807, 2.05) is 42.6 Å². The van der Waals surface area contributed by atoms with Crippen molar-refractivity contribution in [2.45, 2.75) is 25.7 Å². The van der Waals surface area contributed by atoms with Gasteiger partial charge in [0.1, 0.15) is 5.82 Å². The van der Waals surface area contributed by atoms with Crippen LogP contribution in [0.2, 0.25) is 0 Å². The first-order valence-corrected chi connectivity index (χ1v) is 8.75. The van der Waals surface area contributed by atoms with Crippen LogP contribution in [-0.4, -0.2) is 24.0 Å². The monoisotopic (exact) mass is 373 g/mol. The molecule has 5 heteroatoms. The summed E-state index contributed by atoms with van der Waals surface area (Å²) in [5, 5.41) is 2.86. The molecule has 0 unspecified atom stereocenters. The van der Waals surface area contributed by atoms with Crippen molar-refractivity contribution in [2.75, 3.05) is 23.3 Å². The molecule has 0 radical (unpaired) electrons. The topological polar surface area (TPSA) is 45.2 Å². The minimum absolute atomic E-state index is 0.0543. The van der Waals surface area contributed by atoms with E-state index >= 15 is 0 Å². The molecule has 1 N–H and O–H groups in total. The van der Waals surface area contributed by atoms with E-state index < -0.39 is 0 Å². The Morgan fingerprint density at radius 3 is 2.70 bits per heavy atom. The molecular weight excluding hydrogens is 354 g/mol. The van der Waals surface area contributed by atoms with Gasteiger partial charge in [0.05, 0.1) is 18.3 Å². The van der Waals surface area contributed by atoms with Crippen LogP contribution in [0.3, 0.4) is 0 Å². The van der Waals surface area contributed by atoms with E-state index in [9.17, 15) is 4.79 Å². The van der Waals surface area contributed by atoms with Gasteiger partial charge in [-0.1, -0.05) is 28.1 Å². The van der Waals surface area contributed by atoms with E-state index in [4.69, 9.17) is 0 Å². The molecule has 1 fully saturated rings. The molecule has 2 aromatic rings. The Morgan fingerprint density at radius 1 is 1.17 bits per heavy atom. The van der Waals surface area contributed by atoms with Crippen LogP contribution in [0.1, 0.15) is 24.8 Å². The summed E-state index contributed by atoms with van der Waals surface area (Å²) in [7, 11) is 0. The lowest BCUT2D eigenvalue weighted by molar-refractivity contribution is -0.115. The molecular formula is C18H20BrN3O. The van der Waals surface area contributed by atoms with Crippen molar-refractivity contribution in [3.63, 3.8) is 0 Å². The van der Waals surface area contributed by atoms with E-state index in [1.165, 1.54) is 19.3 Å². The standard InChI is InChI=1S/C18H20BrN3O/c19-15-6-4-5-14(11-15)12-18(23)21-17-8-7-16(13-20-17)22-9-2-1-3-10-22/h4-8,11,13H,1-3,9-10,12H2,(H,20,21,23). The van der Waals surface area contributed by atoms with Gasteiger partial charge in [0.15, 0.2) is 0 Å². The molecule has 1 amide bonds. The van der Waals surface area contributed by atoms with E-state index in [-0.39, 0.29) is 5.91 Å². The fourth-order valence-corrected chi connectivity index (χ4v) is 3.27. The largest absolute Gasteiger partial charge is 0.370 e. The van der Waals surface area contributed by atoms with Crippen LogP contribution in [0.5, 0.6) is 0 Å². The maximum absolute atomic E-state index is 12.1. The second-order valence-corrected chi connectivity index (χ2v) is 6.72. The number of aromatic nitrogens is 1. The van der Waals surface area contributed by atoms with Crippen molar-refractivity contribution >= 4 is 33.3 Å². The van der Waals surface area contributed by atoms with Gasteiger partial charge in [-0.15, -0.1) is 0 Å². The molecule has 1 aliphatic rings. The Morgan fingerprint density at radius 2 is 2.00 bits per heavy atom. The Balaban J connectivity index is 1.58. The van der Waals surface area contributed by atoms with Crippen LogP contribution in [-0.2, 0) is 11.2 Å². The molecule has 4 nitrogen and oxygen atoms in total. The number of amides is 1. The van der Waals surface area contributed by atoms with Crippen molar-refractivity contribution in [3.8, 4) is 0 Å². The summed E-state index contributed by atoms with van der Waals surface area (Å²) < 4.78 is 0.979. The number of carbonyl (C=O) groups excluding carboxylic acids is 1. The number of pyridine rings is 1. The smallest absolute Gasteiger partial charge is 0.229 e. The van der Waals surface area contributed by atoms with Crippen molar-refractivity contribution in [1.82, 2.24) is 4.98 Å². The summed E-state index contributed by atoms with van der Waals surface area (Å²) in [5.41, 5.74) is 2.11. The molecule has 0 saturated carbocycles. The number of anilines is 2. The number of rotatable bonds is 4. The molecule has 120 valence electrons. The minimum Gasteiger partial charge on any atom is -0.370 e. The van der Waals surface area contributed by atoms with Gasteiger partial charge in [-0.2, -0.15) is 0 Å². The summed E-state index contributed by atoms with van der Waals surface area (Å²) in [5.74, 6) is 0.548. The summed E-state index contributed by atoms with van der Waals surface area (Å²) >= 11 is 3.42. The van der Waals surface area contributed by atoms with Gasteiger partial charge in [0.2, 0.25) is 5.91 Å². The predicted molar refractivity (Wildman–Crippen MR) is 96.8 cm³/mol. The van der Waals surface area contributed by atoms with Gasteiger partial charge in [0, 0.05) is 17.6 Å². The second kappa shape index (κ2) is 7.59. The van der Waals surface area contributed by atoms with Crippen LogP contribution in [0.15, 0.2) is 47.1 Å². The molecule has 1 aromatic carbocycles. The van der Waals surface area contributed by atoms with Crippen LogP contribution >= 0.6 is 15.9 Å². The lowest BCUT2D eigenvalue weighted by Crippen LogP contribution is -2.29. The number of nitrogens with zero attached hydrogens (tertiary/aromatic N) is 2. The summed E-state index contributed by atoms with van der Waals surface area (Å²) in [6.45, 7) is 2.19. The maximum Gasteiger partial charge on any atom is 0.229 e. The minimum atomic E-state index is -0.0543. The average molecular weight is 374 g/mol. The fourth-order valence-electron chi connectivity index (χ4n) is 2.82. The van der Waals surface area contributed by atoms with E-state index in [0.29, 0.717) is 12.2 Å². The zero-order chi connectivity index (χ0) is 16.1. The Hall–Kier alpha value is -1.88. The van der Waals surface area contributed by atoms with Crippen LogP contribution in [0.4, 0.5) is 11.5 Å². The van der Waals surface area contributed by atoms with Crippen LogP contribution in [0, 0.1) is 0 Å². The Labute approximate surface area is 145 Å². The highest BCUT2D eigenvalue weighted by molar-refractivity contribution is 9.10. The number of piperidine rings is 1. The molecule has 0 aliphatic carbocycles. The second-order valence-electron chi connectivity index (χ2n) is 5.80. The number of hydrogen-bond acceptors (Lipinski definition) is 3. The third-order valence-electron chi connectivity index (χ3n) is 3.99. The summed E-state index contributed by atoms with van der Waals surface area (Å²) in [6, 6.07) is 11.7. The van der Waals surface area contributed by atoms with Gasteiger partial charge in [-0.05, 0) is 49.1 Å². The third-order valence-corrected chi connectivity index (χ3v) is 4.48. The lowest BCUT2D eigenvalue weighted by Gasteiger charge is -2.28. The number of nitrogens with one attached hydrogen (secondary N) is 1. The average Bonchev–Trinajstić information content (AvgIpc) is 2.56. The lowest BCUT2D eigenvalue weighted by atomic mass is 10.1. The Bertz CT molecular complexity index is 666. The fraction of sp³-hybridized carbons (Fsp3) is 0.333. The first kappa shape index (κ1) is 16.0. The van der Waals surface area contributed by atoms with Gasteiger partial charge in [-0.25, -0.2) is 4.98 Å². The third kappa shape index (κ3) is 4.55. The normalized spacial score (nSPS) is 14.6. The van der Waals surface area contributed by atoms with Gasteiger partial charge in [-0.3, -0.25) is 4.79 Å². The first-order valence-electron chi connectivity index (χ1n) is 7.96. The summed E-state index contributed by atoms with van der Waals surface area (Å²) in [4.78, 5) is 18.8. The first-order chi connectivity index (χ1) is 11.2. The molecule has 0 atom stereocenters. The van der Waals surface area contributed by atoms with E-state index in [1.54, 1.807) is 0 Å². The van der Waals surface area contributed by atoms with E-state index in [0.717, 1.165) is 28.8 Å². The highest BCUT2D eigenvalue weighted by Crippen LogP contribution is 2.20. The number of halogens is 1. The molecule has 3 rings (SSSR count). The van der Waals surface area contributed by atoms with Crippen LogP contribution in [0.25, 0.3) is 0 Å². The molecule has 2 heterocycles. The highest BCUT2D eigenvalue weighted by Gasteiger charge is 2.11. The van der Waals surface area contributed by atoms with Crippen molar-refractivity contribution < 1.29 is 4.79 Å². The van der Waals surface area contributed by atoms with Gasteiger partial charge < -0.3 is 10.2 Å². The molecule has 1 saturated heterocycles. The predicted octanol–water partition coefficient (Wildman–Crippen LogP) is 4.02. The number of benzene rings is 1. The highest BCUT2D eigenvalue weighted by atomic mass is 79.9. The maximum atomic E-state index is 12.1. The zero-order valence-electron chi connectivity index (χ0n) is 13.0. The Kier molecular flexibility index (Phi) is 5.28. The van der Waals surface area contributed by atoms with Gasteiger partial charge >= 0.3 is 0 Å². The SMILES string of the molecule is O=C(Cc1cccc(Br)c1)Nc1ccc(N2CCCCC2)cn1. The summed E-state index contributed by atoms with van der Waals surface area (Å²) in [6.07, 6.45) is 5.99. The van der Waals surface area contributed by atoms with E-state index in [2.05, 4.69) is 31.1 Å². The molecule has 0 bridgehead atoms. The van der Waals surface area contributed by atoms with Crippen molar-refractivity contribution in [1.29, 1.82) is 0 Å². The molecule has 1 aromatic heterocycles. The number of carbonyl (C=O) groups is 1. The zero-order valence-corrected chi connectivity index (χ0v) is 14.6. The van der Waals surface area contributed by atoms with Gasteiger partial charge in [0.25, 0.3) is 0 Å². The molecule has 1 aliphatic heterocycles. The quantitative estimate of drug-likeness (QED) is 0.880. The van der Waals surface area contributed by atoms with Crippen LogP contribution < -0.4 is 10.2 Å². The molecule has 23 heavy (non-hydrogen) atoms. The van der Waals surface area contributed by atoms with Crippen molar-refractivity contribution in [3.05, 3.63) is 52.6 Å². The molecule has 0 spiro atoms. The van der Waals surface area contributed by atoms with Crippen molar-refractivity contribution in [2.24, 2.45) is 0 Å². The number of hydrogen-bond donors (Lipinski definition) is 1.